The molecule has 1 amide bonds. The number of carbonyl (C=O) groups excluding carboxylic acids is 1. The van der Waals surface area contributed by atoms with Gasteiger partial charge in [0.2, 0.25) is 0 Å². The van der Waals surface area contributed by atoms with E-state index in [-0.39, 0.29) is 12.5 Å². The highest BCUT2D eigenvalue weighted by Gasteiger charge is 2.13. The van der Waals surface area contributed by atoms with Crippen LogP contribution in [0, 0.1) is 6.92 Å². The number of H-pyrrole nitrogens is 1. The number of benzene rings is 1. The number of aromatic nitrogens is 3. The van der Waals surface area contributed by atoms with Crippen LogP contribution in [0.4, 0.5) is 0 Å². The monoisotopic (exact) mass is 416 g/mol. The fourth-order valence-electron chi connectivity index (χ4n) is 1.60. The summed E-state index contributed by atoms with van der Waals surface area (Å²) >= 11 is 6.75. The summed E-state index contributed by atoms with van der Waals surface area (Å²) in [6.45, 7) is 2.11. The lowest BCUT2D eigenvalue weighted by atomic mass is 10.3. The van der Waals surface area contributed by atoms with E-state index in [0.717, 1.165) is 14.8 Å². The normalized spacial score (nSPS) is 10.5. The number of ether oxygens (including phenoxy) is 1. The Bertz CT molecular complexity index is 645. The van der Waals surface area contributed by atoms with E-state index in [1.54, 1.807) is 13.1 Å². The number of nitrogens with one attached hydrogen (secondary N) is 1. The maximum absolute atomic E-state index is 12.0. The van der Waals surface area contributed by atoms with Crippen LogP contribution in [-0.4, -0.2) is 39.6 Å². The Morgan fingerprint density at radius 2 is 2.19 bits per heavy atom. The largest absolute Gasteiger partial charge is 0.483 e. The van der Waals surface area contributed by atoms with Gasteiger partial charge in [-0.05, 0) is 41.1 Å². The van der Waals surface area contributed by atoms with E-state index in [2.05, 4.69) is 47.0 Å². The maximum atomic E-state index is 12.0. The first-order valence-electron chi connectivity index (χ1n) is 6.15. The Labute approximate surface area is 139 Å². The van der Waals surface area contributed by atoms with Crippen LogP contribution in [0.1, 0.15) is 11.6 Å². The van der Waals surface area contributed by atoms with E-state index >= 15 is 0 Å². The predicted molar refractivity (Wildman–Crippen MR) is 84.9 cm³/mol. The van der Waals surface area contributed by atoms with Gasteiger partial charge in [0.1, 0.15) is 11.6 Å². The smallest absolute Gasteiger partial charge is 0.260 e. The molecular weight excluding hydrogens is 404 g/mol. The van der Waals surface area contributed by atoms with E-state index in [1.165, 1.54) is 4.90 Å². The van der Waals surface area contributed by atoms with Gasteiger partial charge in [-0.3, -0.25) is 9.89 Å². The second-order valence-electron chi connectivity index (χ2n) is 4.45. The summed E-state index contributed by atoms with van der Waals surface area (Å²) in [4.78, 5) is 17.7. The number of aryl methyl sites for hydroxylation is 1. The van der Waals surface area contributed by atoms with Gasteiger partial charge in [-0.25, -0.2) is 4.98 Å². The Morgan fingerprint density at radius 3 is 2.81 bits per heavy atom. The van der Waals surface area contributed by atoms with Crippen molar-refractivity contribution in [2.45, 2.75) is 13.5 Å². The van der Waals surface area contributed by atoms with Gasteiger partial charge in [0.05, 0.1) is 11.0 Å². The molecule has 0 saturated heterocycles. The summed E-state index contributed by atoms with van der Waals surface area (Å²) in [5.74, 6) is 1.77. The number of rotatable bonds is 5. The number of hydrogen-bond donors (Lipinski definition) is 1. The van der Waals surface area contributed by atoms with Crippen molar-refractivity contribution < 1.29 is 9.53 Å². The van der Waals surface area contributed by atoms with Gasteiger partial charge in [0, 0.05) is 11.5 Å². The fourth-order valence-corrected chi connectivity index (χ4v) is 2.76. The first-order chi connectivity index (χ1) is 9.95. The third-order valence-electron chi connectivity index (χ3n) is 2.69. The number of aromatic amines is 1. The number of likely N-dealkylation sites (N-methyl/N-ethyl adjacent to an activating group) is 1. The van der Waals surface area contributed by atoms with Crippen LogP contribution in [0.5, 0.6) is 5.75 Å². The molecule has 0 unspecified atom stereocenters. The summed E-state index contributed by atoms with van der Waals surface area (Å²) in [5, 5.41) is 6.74. The highest BCUT2D eigenvalue weighted by molar-refractivity contribution is 9.11. The molecule has 0 bridgehead atoms. The van der Waals surface area contributed by atoms with Crippen LogP contribution in [-0.2, 0) is 11.3 Å². The first-order valence-corrected chi connectivity index (χ1v) is 7.74. The van der Waals surface area contributed by atoms with E-state index in [4.69, 9.17) is 4.74 Å². The zero-order valence-electron chi connectivity index (χ0n) is 11.6. The van der Waals surface area contributed by atoms with Crippen molar-refractivity contribution in [1.82, 2.24) is 20.1 Å². The molecule has 1 aromatic heterocycles. The molecule has 0 aliphatic rings. The van der Waals surface area contributed by atoms with Gasteiger partial charge in [0.15, 0.2) is 12.4 Å². The van der Waals surface area contributed by atoms with Gasteiger partial charge in [-0.15, -0.1) is 0 Å². The van der Waals surface area contributed by atoms with E-state index in [9.17, 15) is 4.79 Å². The van der Waals surface area contributed by atoms with Crippen LogP contribution >= 0.6 is 31.9 Å². The van der Waals surface area contributed by atoms with Crippen LogP contribution < -0.4 is 4.74 Å². The molecule has 112 valence electrons. The molecular formula is C13H14Br2N4O2. The minimum absolute atomic E-state index is 0.0415. The van der Waals surface area contributed by atoms with Gasteiger partial charge in [-0.1, -0.05) is 15.9 Å². The molecule has 1 N–H and O–H groups in total. The molecule has 1 heterocycles. The quantitative estimate of drug-likeness (QED) is 0.811. The van der Waals surface area contributed by atoms with Crippen molar-refractivity contribution in [3.63, 3.8) is 0 Å². The number of hydrogen-bond acceptors (Lipinski definition) is 4. The zero-order valence-corrected chi connectivity index (χ0v) is 14.7. The minimum Gasteiger partial charge on any atom is -0.483 e. The van der Waals surface area contributed by atoms with Gasteiger partial charge in [0.25, 0.3) is 5.91 Å². The van der Waals surface area contributed by atoms with E-state index < -0.39 is 0 Å². The molecule has 0 aliphatic carbocycles. The lowest BCUT2D eigenvalue weighted by molar-refractivity contribution is -0.132. The molecule has 8 heteroatoms. The summed E-state index contributed by atoms with van der Waals surface area (Å²) in [7, 11) is 1.69. The highest BCUT2D eigenvalue weighted by Crippen LogP contribution is 2.28. The Kier molecular flexibility index (Phi) is 5.35. The van der Waals surface area contributed by atoms with Crippen molar-refractivity contribution >= 4 is 37.8 Å². The number of amides is 1. The van der Waals surface area contributed by atoms with Crippen molar-refractivity contribution in [3.8, 4) is 5.75 Å². The molecule has 6 nitrogen and oxygen atoms in total. The molecule has 0 saturated carbocycles. The van der Waals surface area contributed by atoms with E-state index in [1.807, 2.05) is 19.1 Å². The van der Waals surface area contributed by atoms with Gasteiger partial charge >= 0.3 is 0 Å². The van der Waals surface area contributed by atoms with Crippen LogP contribution in [0.15, 0.2) is 27.1 Å². The summed E-state index contributed by atoms with van der Waals surface area (Å²) < 4.78 is 7.23. The summed E-state index contributed by atoms with van der Waals surface area (Å²) in [6, 6.07) is 5.50. The second kappa shape index (κ2) is 7.04. The first kappa shape index (κ1) is 16.0. The second-order valence-corrected chi connectivity index (χ2v) is 6.22. The van der Waals surface area contributed by atoms with Gasteiger partial charge < -0.3 is 9.64 Å². The Balaban J connectivity index is 1.89. The fraction of sp³-hybridized carbons (Fsp3) is 0.308. The molecule has 0 spiro atoms. The summed E-state index contributed by atoms with van der Waals surface area (Å²) in [6.07, 6.45) is 0. The molecule has 0 fully saturated rings. The third-order valence-corrected chi connectivity index (χ3v) is 3.81. The van der Waals surface area contributed by atoms with Crippen LogP contribution in [0.2, 0.25) is 0 Å². The molecule has 0 radical (unpaired) electrons. The molecule has 1 aromatic carbocycles. The SMILES string of the molecule is Cc1nc(CN(C)C(=O)COc2ccc(Br)cc2Br)n[nH]1. The lowest BCUT2D eigenvalue weighted by Gasteiger charge is -2.16. The average molecular weight is 418 g/mol. The molecule has 0 aliphatic heterocycles. The van der Waals surface area contributed by atoms with Crippen molar-refractivity contribution in [3.05, 3.63) is 38.8 Å². The standard InChI is InChI=1S/C13H14Br2N4O2/c1-8-16-12(18-17-8)6-19(2)13(20)7-21-11-4-3-9(14)5-10(11)15/h3-5H,6-7H2,1-2H3,(H,16,17,18). The Hall–Kier alpha value is -1.41. The summed E-state index contributed by atoms with van der Waals surface area (Å²) in [5.41, 5.74) is 0. The molecule has 2 rings (SSSR count). The van der Waals surface area contributed by atoms with Crippen molar-refractivity contribution in [2.24, 2.45) is 0 Å². The maximum Gasteiger partial charge on any atom is 0.260 e. The Morgan fingerprint density at radius 1 is 1.43 bits per heavy atom. The minimum atomic E-state index is -0.146. The van der Waals surface area contributed by atoms with Crippen LogP contribution in [0.25, 0.3) is 0 Å². The zero-order chi connectivity index (χ0) is 15.4. The van der Waals surface area contributed by atoms with E-state index in [0.29, 0.717) is 18.1 Å². The van der Waals surface area contributed by atoms with Crippen LogP contribution in [0.3, 0.4) is 0 Å². The third kappa shape index (κ3) is 4.53. The number of nitrogens with zero attached hydrogens (tertiary/aromatic N) is 3. The number of halogens is 2. The molecule has 21 heavy (non-hydrogen) atoms. The number of carbonyl (C=O) groups is 1. The molecule has 2 aromatic rings. The van der Waals surface area contributed by atoms with Crippen molar-refractivity contribution in [2.75, 3.05) is 13.7 Å². The lowest BCUT2D eigenvalue weighted by Crippen LogP contribution is -2.31. The molecule has 0 atom stereocenters. The van der Waals surface area contributed by atoms with Crippen molar-refractivity contribution in [1.29, 1.82) is 0 Å². The van der Waals surface area contributed by atoms with Gasteiger partial charge in [-0.2, -0.15) is 5.10 Å². The highest BCUT2D eigenvalue weighted by atomic mass is 79.9. The topological polar surface area (TPSA) is 71.1 Å². The predicted octanol–water partition coefficient (Wildman–Crippen LogP) is 2.68. The average Bonchev–Trinajstić information content (AvgIpc) is 2.82.